The maximum Gasteiger partial charge on any atom is 0.335 e. The smallest absolute Gasteiger partial charge is 0.335 e. The number of nitrogens with one attached hydrogen (secondary N) is 3. The van der Waals surface area contributed by atoms with Gasteiger partial charge in [0.05, 0.1) is 11.1 Å². The fraction of sp³-hybridized carbons (Fsp3) is 0. The van der Waals surface area contributed by atoms with Crippen LogP contribution in [0.4, 0.5) is 17.1 Å². The zero-order valence-corrected chi connectivity index (χ0v) is 20.5. The molecule has 0 aliphatic rings. The van der Waals surface area contributed by atoms with Gasteiger partial charge in [-0.3, -0.25) is 14.4 Å². The number of rotatable bonds is 8. The molecule has 0 heterocycles. The summed E-state index contributed by atoms with van der Waals surface area (Å²) < 4.78 is 0. The molecular weight excluding hydrogens is 518 g/mol. The second-order valence-corrected chi connectivity index (χ2v) is 8.47. The van der Waals surface area contributed by atoms with Crippen LogP contribution in [0.5, 0.6) is 5.75 Å². The van der Waals surface area contributed by atoms with Crippen LogP contribution in [0.2, 0.25) is 0 Å². The molecule has 0 aliphatic carbocycles. The third-order valence-electron chi connectivity index (χ3n) is 5.62. The average molecular weight is 540 g/mol. The van der Waals surface area contributed by atoms with E-state index in [1.165, 1.54) is 91.0 Å². The van der Waals surface area contributed by atoms with Gasteiger partial charge in [-0.25, -0.2) is 9.59 Å². The highest BCUT2D eigenvalue weighted by molar-refractivity contribution is 6.13. The molecule has 0 spiro atoms. The highest BCUT2D eigenvalue weighted by Crippen LogP contribution is 2.19. The summed E-state index contributed by atoms with van der Waals surface area (Å²) in [5, 5.41) is 35.4. The van der Waals surface area contributed by atoms with Gasteiger partial charge in [0.25, 0.3) is 17.7 Å². The van der Waals surface area contributed by atoms with E-state index >= 15 is 0 Å². The third kappa shape index (κ3) is 6.66. The van der Waals surface area contributed by atoms with Crippen molar-refractivity contribution in [3.63, 3.8) is 0 Å². The molecule has 0 aromatic heterocycles. The number of phenolic OH excluding ortho intramolecular Hbond substituents is 1. The standard InChI is InChI=1S/C29H21N3O8/c33-24-11-9-23(10-12-24)32-27(36)20-14-18(25(34)30-21-5-1-16(2-6-21)28(37)38)13-19(15-20)26(35)31-22-7-3-17(4-8-22)29(39)40/h1-15,33H,(H,30,34)(H,31,35)(H,32,36)(H,37,38)(H,39,40). The average Bonchev–Trinajstić information content (AvgIpc) is 2.94. The zero-order valence-electron chi connectivity index (χ0n) is 20.5. The topological polar surface area (TPSA) is 182 Å². The first-order valence-electron chi connectivity index (χ1n) is 11.6. The molecule has 0 fully saturated rings. The van der Waals surface area contributed by atoms with Gasteiger partial charge in [0.1, 0.15) is 5.75 Å². The monoisotopic (exact) mass is 539 g/mol. The molecular formula is C29H21N3O8. The lowest BCUT2D eigenvalue weighted by Gasteiger charge is -2.12. The SMILES string of the molecule is O=C(O)c1ccc(NC(=O)c2cc(C(=O)Nc3ccc(O)cc3)cc(C(=O)Nc3ccc(C(=O)O)cc3)c2)cc1. The number of carboxylic acids is 2. The highest BCUT2D eigenvalue weighted by Gasteiger charge is 2.18. The van der Waals surface area contributed by atoms with Crippen molar-refractivity contribution >= 4 is 46.7 Å². The van der Waals surface area contributed by atoms with Gasteiger partial charge in [0, 0.05) is 33.8 Å². The number of amides is 3. The van der Waals surface area contributed by atoms with Crippen LogP contribution in [0.25, 0.3) is 0 Å². The lowest BCUT2D eigenvalue weighted by molar-refractivity contribution is 0.0686. The molecule has 3 amide bonds. The Morgan fingerprint density at radius 1 is 0.425 bits per heavy atom. The summed E-state index contributed by atoms with van der Waals surface area (Å²) in [6.07, 6.45) is 0. The fourth-order valence-electron chi connectivity index (χ4n) is 3.57. The molecule has 11 heteroatoms. The Morgan fingerprint density at radius 2 is 0.700 bits per heavy atom. The van der Waals surface area contributed by atoms with Gasteiger partial charge in [-0.2, -0.15) is 0 Å². The Morgan fingerprint density at radius 3 is 0.975 bits per heavy atom. The van der Waals surface area contributed by atoms with Gasteiger partial charge in [-0.1, -0.05) is 0 Å². The predicted octanol–water partition coefficient (Wildman–Crippen LogP) is 4.55. The number of carboxylic acid groups (broad SMARTS) is 2. The summed E-state index contributed by atoms with van der Waals surface area (Å²) >= 11 is 0. The van der Waals surface area contributed by atoms with Gasteiger partial charge in [-0.05, 0) is 91.0 Å². The van der Waals surface area contributed by atoms with Crippen molar-refractivity contribution in [2.75, 3.05) is 16.0 Å². The number of phenols is 1. The number of hydrogen-bond acceptors (Lipinski definition) is 6. The van der Waals surface area contributed by atoms with E-state index in [-0.39, 0.29) is 33.6 Å². The second-order valence-electron chi connectivity index (χ2n) is 8.47. The van der Waals surface area contributed by atoms with Crippen LogP contribution in [0.3, 0.4) is 0 Å². The number of aromatic hydroxyl groups is 1. The Kier molecular flexibility index (Phi) is 7.86. The van der Waals surface area contributed by atoms with Crippen molar-refractivity contribution in [1.29, 1.82) is 0 Å². The molecule has 4 rings (SSSR count). The number of carbonyl (C=O) groups is 5. The normalized spacial score (nSPS) is 10.3. The lowest BCUT2D eigenvalue weighted by atomic mass is 10.0. The fourth-order valence-corrected chi connectivity index (χ4v) is 3.57. The second kappa shape index (κ2) is 11.6. The summed E-state index contributed by atoms with van der Waals surface area (Å²) in [6.45, 7) is 0. The van der Waals surface area contributed by atoms with Crippen LogP contribution in [0.15, 0.2) is 91.0 Å². The molecule has 0 saturated carbocycles. The first kappa shape index (κ1) is 27.1. The summed E-state index contributed by atoms with van der Waals surface area (Å²) in [6, 6.07) is 20.4. The van der Waals surface area contributed by atoms with Gasteiger partial charge in [0.15, 0.2) is 0 Å². The first-order valence-corrected chi connectivity index (χ1v) is 11.6. The molecule has 200 valence electrons. The number of carbonyl (C=O) groups excluding carboxylic acids is 3. The Hall–Kier alpha value is -5.97. The predicted molar refractivity (Wildman–Crippen MR) is 145 cm³/mol. The van der Waals surface area contributed by atoms with Crippen molar-refractivity contribution in [3.8, 4) is 5.75 Å². The molecule has 6 N–H and O–H groups in total. The van der Waals surface area contributed by atoms with E-state index in [4.69, 9.17) is 10.2 Å². The number of benzene rings is 4. The van der Waals surface area contributed by atoms with Crippen molar-refractivity contribution in [3.05, 3.63) is 119 Å². The maximum atomic E-state index is 13.1. The minimum Gasteiger partial charge on any atom is -0.508 e. The van der Waals surface area contributed by atoms with Crippen LogP contribution in [0.1, 0.15) is 51.8 Å². The quantitative estimate of drug-likeness (QED) is 0.176. The van der Waals surface area contributed by atoms with Gasteiger partial charge < -0.3 is 31.3 Å². The molecule has 11 nitrogen and oxygen atoms in total. The molecule has 4 aromatic rings. The van der Waals surface area contributed by atoms with Crippen molar-refractivity contribution in [2.45, 2.75) is 0 Å². The van der Waals surface area contributed by atoms with E-state index in [2.05, 4.69) is 16.0 Å². The Balaban J connectivity index is 1.63. The molecule has 0 unspecified atom stereocenters. The lowest BCUT2D eigenvalue weighted by Crippen LogP contribution is -2.19. The van der Waals surface area contributed by atoms with E-state index in [0.717, 1.165) is 0 Å². The number of anilines is 3. The van der Waals surface area contributed by atoms with Crippen LogP contribution >= 0.6 is 0 Å². The highest BCUT2D eigenvalue weighted by atomic mass is 16.4. The van der Waals surface area contributed by atoms with E-state index in [1.807, 2.05) is 0 Å². The number of aromatic carboxylic acids is 2. The van der Waals surface area contributed by atoms with E-state index < -0.39 is 29.7 Å². The largest absolute Gasteiger partial charge is 0.508 e. The van der Waals surface area contributed by atoms with Crippen LogP contribution in [-0.4, -0.2) is 45.0 Å². The van der Waals surface area contributed by atoms with Crippen LogP contribution in [-0.2, 0) is 0 Å². The molecule has 40 heavy (non-hydrogen) atoms. The summed E-state index contributed by atoms with van der Waals surface area (Å²) in [5.41, 5.74) is 0.910. The Labute approximate surface area is 226 Å². The van der Waals surface area contributed by atoms with Gasteiger partial charge >= 0.3 is 11.9 Å². The summed E-state index contributed by atoms with van der Waals surface area (Å²) in [4.78, 5) is 61.3. The molecule has 0 aliphatic heterocycles. The maximum absolute atomic E-state index is 13.1. The van der Waals surface area contributed by atoms with Crippen molar-refractivity contribution < 1.29 is 39.3 Å². The van der Waals surface area contributed by atoms with E-state index in [0.29, 0.717) is 17.1 Å². The Bertz CT molecular complexity index is 1520. The summed E-state index contributed by atoms with van der Waals surface area (Å²) in [5.74, 6) is -4.21. The molecule has 0 saturated heterocycles. The third-order valence-corrected chi connectivity index (χ3v) is 5.62. The van der Waals surface area contributed by atoms with E-state index in [1.54, 1.807) is 0 Å². The van der Waals surface area contributed by atoms with Crippen molar-refractivity contribution in [1.82, 2.24) is 0 Å². The van der Waals surface area contributed by atoms with Crippen LogP contribution in [0, 0.1) is 0 Å². The van der Waals surface area contributed by atoms with Gasteiger partial charge in [-0.15, -0.1) is 0 Å². The summed E-state index contributed by atoms with van der Waals surface area (Å²) in [7, 11) is 0. The zero-order chi connectivity index (χ0) is 28.8. The minimum absolute atomic E-state index is 0.00315. The minimum atomic E-state index is -1.13. The van der Waals surface area contributed by atoms with E-state index in [9.17, 15) is 29.1 Å². The molecule has 4 aromatic carbocycles. The van der Waals surface area contributed by atoms with Gasteiger partial charge in [0.2, 0.25) is 0 Å². The first-order chi connectivity index (χ1) is 19.1. The molecule has 0 bridgehead atoms. The molecule has 0 radical (unpaired) electrons. The molecule has 0 atom stereocenters. The number of hydrogen-bond donors (Lipinski definition) is 6. The van der Waals surface area contributed by atoms with Crippen LogP contribution < -0.4 is 16.0 Å². The van der Waals surface area contributed by atoms with Crippen molar-refractivity contribution in [2.24, 2.45) is 0 Å².